The number of anilines is 1. The molecule has 3 atom stereocenters. The lowest BCUT2D eigenvalue weighted by Gasteiger charge is -2.38. The zero-order chi connectivity index (χ0) is 28.8. The number of rotatable bonds is 6. The van der Waals surface area contributed by atoms with E-state index in [1.54, 1.807) is 17.1 Å². The fourth-order valence-corrected chi connectivity index (χ4v) is 6.48. The second-order valence-electron chi connectivity index (χ2n) is 11.1. The number of likely N-dealkylation sites (tertiary alicyclic amines) is 1. The van der Waals surface area contributed by atoms with Crippen LogP contribution in [0.4, 0.5) is 5.82 Å². The molecule has 1 unspecified atom stereocenters. The van der Waals surface area contributed by atoms with Gasteiger partial charge in [0.15, 0.2) is 17.3 Å². The van der Waals surface area contributed by atoms with E-state index in [4.69, 9.17) is 15.7 Å². The fourth-order valence-electron chi connectivity index (χ4n) is 6.48. The molecule has 0 radical (unpaired) electrons. The van der Waals surface area contributed by atoms with Crippen LogP contribution in [0, 0.1) is 0 Å². The molecule has 10 heteroatoms. The number of nitrogens with one attached hydrogen (secondary N) is 1. The lowest BCUT2D eigenvalue weighted by Crippen LogP contribution is -2.49. The minimum Gasteiger partial charge on any atom is -0.383 e. The van der Waals surface area contributed by atoms with Crippen molar-refractivity contribution >= 4 is 22.9 Å². The smallest absolute Gasteiger partial charge is 0.246 e. The lowest BCUT2D eigenvalue weighted by molar-refractivity contribution is -0.129. The van der Waals surface area contributed by atoms with E-state index in [0.717, 1.165) is 54.6 Å². The van der Waals surface area contributed by atoms with Crippen LogP contribution in [0.3, 0.4) is 0 Å². The largest absolute Gasteiger partial charge is 0.383 e. The standard InChI is InChI=1S/C32H33N9O/c1-3-29(42)39-17-13-22(18-20(39)2)36-26-10-7-21-19-23(8-9-24(21)26)41-31(25-6-4-14-34-30(25)33)37-27-11-12-28(38-32(27)41)40-16-5-15-35-40/h3-6,8-9,11-12,14-16,19-20,22,26,36H,1,7,10,13,17-18H2,2H3,(H2,33,34)/t20-,22?,26-/m0/s1. The van der Waals surface area contributed by atoms with Gasteiger partial charge in [0.25, 0.3) is 0 Å². The number of nitrogens with zero attached hydrogens (tertiary/aromatic N) is 7. The van der Waals surface area contributed by atoms with E-state index in [9.17, 15) is 4.79 Å². The van der Waals surface area contributed by atoms with Crippen LogP contribution >= 0.6 is 0 Å². The van der Waals surface area contributed by atoms with Crippen LogP contribution in [0.25, 0.3) is 34.1 Å². The highest BCUT2D eigenvalue weighted by Crippen LogP contribution is 2.37. The zero-order valence-electron chi connectivity index (χ0n) is 23.5. The maximum Gasteiger partial charge on any atom is 0.246 e. The number of nitrogen functional groups attached to an aromatic ring is 1. The fraction of sp³-hybridized carbons (Fsp3) is 0.281. The summed E-state index contributed by atoms with van der Waals surface area (Å²) in [6.07, 6.45) is 10.6. The van der Waals surface area contributed by atoms with Gasteiger partial charge in [-0.1, -0.05) is 12.6 Å². The van der Waals surface area contributed by atoms with Crippen molar-refractivity contribution in [1.82, 2.24) is 39.5 Å². The van der Waals surface area contributed by atoms with Gasteiger partial charge in [-0.2, -0.15) is 5.10 Å². The Bertz CT molecular complexity index is 1790. The molecule has 1 saturated heterocycles. The first-order valence-electron chi connectivity index (χ1n) is 14.4. The number of hydrogen-bond donors (Lipinski definition) is 2. The lowest BCUT2D eigenvalue weighted by atomic mass is 9.96. The maximum absolute atomic E-state index is 12.2. The summed E-state index contributed by atoms with van der Waals surface area (Å²) in [5.41, 5.74) is 12.2. The molecule has 1 fully saturated rings. The first-order valence-corrected chi connectivity index (χ1v) is 14.4. The normalized spacial score (nSPS) is 20.1. The molecule has 0 spiro atoms. The number of benzene rings is 1. The molecule has 212 valence electrons. The summed E-state index contributed by atoms with van der Waals surface area (Å²) < 4.78 is 3.82. The Morgan fingerprint density at radius 3 is 2.81 bits per heavy atom. The van der Waals surface area contributed by atoms with Gasteiger partial charge in [0.05, 0.1) is 5.56 Å². The van der Waals surface area contributed by atoms with E-state index in [-0.39, 0.29) is 18.0 Å². The van der Waals surface area contributed by atoms with Crippen molar-refractivity contribution in [2.24, 2.45) is 0 Å². The number of pyridine rings is 2. The third kappa shape index (κ3) is 4.53. The Balaban J connectivity index is 1.23. The molecule has 3 N–H and O–H groups in total. The average molecular weight is 560 g/mol. The third-order valence-electron chi connectivity index (χ3n) is 8.54. The number of piperidine rings is 1. The molecule has 1 aliphatic carbocycles. The Morgan fingerprint density at radius 1 is 1.12 bits per heavy atom. The van der Waals surface area contributed by atoms with Gasteiger partial charge in [0.2, 0.25) is 5.91 Å². The van der Waals surface area contributed by atoms with Crippen LogP contribution in [0.1, 0.15) is 43.4 Å². The molecule has 0 bridgehead atoms. The number of carbonyl (C=O) groups is 1. The summed E-state index contributed by atoms with van der Waals surface area (Å²) in [5, 5.41) is 8.27. The van der Waals surface area contributed by atoms with Gasteiger partial charge < -0.3 is 16.0 Å². The maximum atomic E-state index is 12.2. The molecule has 1 aliphatic heterocycles. The van der Waals surface area contributed by atoms with E-state index in [2.05, 4.69) is 51.7 Å². The van der Waals surface area contributed by atoms with E-state index < -0.39 is 0 Å². The first kappa shape index (κ1) is 26.1. The van der Waals surface area contributed by atoms with Gasteiger partial charge in [0.1, 0.15) is 11.3 Å². The minimum atomic E-state index is 0.0189. The summed E-state index contributed by atoms with van der Waals surface area (Å²) in [5.74, 6) is 1.84. The molecule has 10 nitrogen and oxygen atoms in total. The highest BCUT2D eigenvalue weighted by atomic mass is 16.2. The van der Waals surface area contributed by atoms with Gasteiger partial charge in [-0.15, -0.1) is 0 Å². The molecule has 5 aromatic rings. The summed E-state index contributed by atoms with van der Waals surface area (Å²) in [6, 6.07) is 17.0. The summed E-state index contributed by atoms with van der Waals surface area (Å²) >= 11 is 0. The Labute approximate surface area is 243 Å². The molecule has 0 saturated carbocycles. The van der Waals surface area contributed by atoms with Crippen LogP contribution < -0.4 is 11.1 Å². The number of amides is 1. The van der Waals surface area contributed by atoms with E-state index in [0.29, 0.717) is 23.5 Å². The number of imidazole rings is 1. The Kier molecular flexibility index (Phi) is 6.54. The quantitative estimate of drug-likeness (QED) is 0.296. The predicted molar refractivity (Wildman–Crippen MR) is 162 cm³/mol. The molecule has 5 heterocycles. The number of carbonyl (C=O) groups excluding carboxylic acids is 1. The topological polar surface area (TPSA) is 120 Å². The number of fused-ring (bicyclic) bond motifs is 2. The zero-order valence-corrected chi connectivity index (χ0v) is 23.5. The third-order valence-corrected chi connectivity index (χ3v) is 8.54. The average Bonchev–Trinajstić information content (AvgIpc) is 3.76. The molecule has 7 rings (SSSR count). The van der Waals surface area contributed by atoms with Crippen molar-refractivity contribution in [2.75, 3.05) is 12.3 Å². The molecule has 42 heavy (non-hydrogen) atoms. The molecule has 1 amide bonds. The number of aryl methyl sites for hydroxylation is 1. The Hall–Kier alpha value is -4.83. The van der Waals surface area contributed by atoms with Crippen molar-refractivity contribution in [3.05, 3.63) is 90.9 Å². The Morgan fingerprint density at radius 2 is 2.02 bits per heavy atom. The van der Waals surface area contributed by atoms with Crippen LogP contribution in [0.5, 0.6) is 0 Å². The monoisotopic (exact) mass is 559 g/mol. The number of hydrogen-bond acceptors (Lipinski definition) is 7. The van der Waals surface area contributed by atoms with Crippen molar-refractivity contribution in [3.63, 3.8) is 0 Å². The van der Waals surface area contributed by atoms with Crippen LogP contribution in [-0.4, -0.2) is 58.7 Å². The summed E-state index contributed by atoms with van der Waals surface area (Å²) in [6.45, 7) is 6.53. The van der Waals surface area contributed by atoms with E-state index >= 15 is 0 Å². The van der Waals surface area contributed by atoms with Crippen molar-refractivity contribution in [1.29, 1.82) is 0 Å². The van der Waals surface area contributed by atoms with E-state index in [1.165, 1.54) is 17.2 Å². The van der Waals surface area contributed by atoms with E-state index in [1.807, 2.05) is 41.4 Å². The van der Waals surface area contributed by atoms with Gasteiger partial charge in [0, 0.05) is 48.9 Å². The number of aromatic nitrogens is 6. The second-order valence-corrected chi connectivity index (χ2v) is 11.1. The first-order chi connectivity index (χ1) is 20.5. The van der Waals surface area contributed by atoms with Gasteiger partial charge in [-0.05, 0) is 92.3 Å². The van der Waals surface area contributed by atoms with Crippen molar-refractivity contribution in [3.8, 4) is 22.9 Å². The number of nitrogens with two attached hydrogens (primary N) is 1. The highest BCUT2D eigenvalue weighted by molar-refractivity contribution is 5.87. The molecule has 1 aromatic carbocycles. The highest BCUT2D eigenvalue weighted by Gasteiger charge is 2.31. The minimum absolute atomic E-state index is 0.0189. The summed E-state index contributed by atoms with van der Waals surface area (Å²) in [4.78, 5) is 28.4. The molecular weight excluding hydrogens is 526 g/mol. The molecule has 2 aliphatic rings. The summed E-state index contributed by atoms with van der Waals surface area (Å²) in [7, 11) is 0. The van der Waals surface area contributed by atoms with Gasteiger partial charge in [-0.3, -0.25) is 9.36 Å². The van der Waals surface area contributed by atoms with Crippen LogP contribution in [0.2, 0.25) is 0 Å². The van der Waals surface area contributed by atoms with Crippen molar-refractivity contribution in [2.45, 2.75) is 50.7 Å². The van der Waals surface area contributed by atoms with Crippen LogP contribution in [0.15, 0.2) is 79.8 Å². The molecular formula is C32H33N9O. The SMILES string of the molecule is C=CC(=O)N1CCC(N[C@H]2CCc3cc(-n4c(-c5cccnc5N)nc5ccc(-n6cccn6)nc54)ccc32)C[C@@H]1C. The van der Waals surface area contributed by atoms with Crippen molar-refractivity contribution < 1.29 is 4.79 Å². The predicted octanol–water partition coefficient (Wildman–Crippen LogP) is 4.39. The van der Waals surface area contributed by atoms with Gasteiger partial charge in [-0.25, -0.2) is 19.6 Å². The molecule has 4 aromatic heterocycles. The van der Waals surface area contributed by atoms with Crippen LogP contribution in [-0.2, 0) is 11.2 Å². The second kappa shape index (κ2) is 10.5. The van der Waals surface area contributed by atoms with Gasteiger partial charge >= 0.3 is 0 Å².